The predicted molar refractivity (Wildman–Crippen MR) is 66.3 cm³/mol. The van der Waals surface area contributed by atoms with Crippen LogP contribution < -0.4 is 5.32 Å². The lowest BCUT2D eigenvalue weighted by molar-refractivity contribution is 0.0948. The smallest absolute Gasteiger partial charge is 0.267 e. The van der Waals surface area contributed by atoms with E-state index in [0.29, 0.717) is 22.4 Å². The molecular weight excluding hydrogens is 249 g/mol. The standard InChI is InChI=1S/C10H15Cl2N3O/c1-15(2)5-3-4-13-10(16)8-6-7(11)9(12)14-8/h6,14H,3-5H2,1-2H3,(H,13,16). The molecule has 0 atom stereocenters. The van der Waals surface area contributed by atoms with Gasteiger partial charge in [-0.15, -0.1) is 0 Å². The number of nitrogens with one attached hydrogen (secondary N) is 2. The summed E-state index contributed by atoms with van der Waals surface area (Å²) in [7, 11) is 3.98. The number of amides is 1. The molecule has 0 unspecified atom stereocenters. The van der Waals surface area contributed by atoms with Crippen molar-refractivity contribution in [3.05, 3.63) is 21.9 Å². The van der Waals surface area contributed by atoms with Crippen LogP contribution in [0.25, 0.3) is 0 Å². The van der Waals surface area contributed by atoms with E-state index in [0.717, 1.165) is 13.0 Å². The van der Waals surface area contributed by atoms with E-state index < -0.39 is 0 Å². The fourth-order valence-corrected chi connectivity index (χ4v) is 1.53. The van der Waals surface area contributed by atoms with Gasteiger partial charge in [0, 0.05) is 6.54 Å². The fraction of sp³-hybridized carbons (Fsp3) is 0.500. The van der Waals surface area contributed by atoms with Crippen molar-refractivity contribution >= 4 is 29.1 Å². The number of hydrogen-bond acceptors (Lipinski definition) is 2. The van der Waals surface area contributed by atoms with Gasteiger partial charge in [0.15, 0.2) is 0 Å². The van der Waals surface area contributed by atoms with Crippen molar-refractivity contribution in [2.75, 3.05) is 27.2 Å². The topological polar surface area (TPSA) is 48.1 Å². The summed E-state index contributed by atoms with van der Waals surface area (Å²) in [5, 5.41) is 3.43. The van der Waals surface area contributed by atoms with Gasteiger partial charge < -0.3 is 15.2 Å². The Bertz CT molecular complexity index is 343. The summed E-state index contributed by atoms with van der Waals surface area (Å²) < 4.78 is 0. The van der Waals surface area contributed by atoms with Gasteiger partial charge in [-0.3, -0.25) is 4.79 Å². The Hall–Kier alpha value is -0.710. The van der Waals surface area contributed by atoms with Gasteiger partial charge in [0.05, 0.1) is 5.02 Å². The van der Waals surface area contributed by atoms with Crippen molar-refractivity contribution in [3.8, 4) is 0 Å². The molecule has 0 aliphatic heterocycles. The first-order valence-corrected chi connectivity index (χ1v) is 5.73. The summed E-state index contributed by atoms with van der Waals surface area (Å²) in [5.41, 5.74) is 0.389. The van der Waals surface area contributed by atoms with E-state index in [1.165, 1.54) is 6.07 Å². The monoisotopic (exact) mass is 263 g/mol. The normalized spacial score (nSPS) is 10.8. The van der Waals surface area contributed by atoms with Gasteiger partial charge in [-0.2, -0.15) is 0 Å². The van der Waals surface area contributed by atoms with Crippen LogP contribution in [0.5, 0.6) is 0 Å². The molecule has 0 aliphatic carbocycles. The van der Waals surface area contributed by atoms with Gasteiger partial charge in [-0.1, -0.05) is 23.2 Å². The summed E-state index contributed by atoms with van der Waals surface area (Å²) >= 11 is 11.4. The molecule has 1 rings (SSSR count). The Labute approximate surface area is 105 Å². The van der Waals surface area contributed by atoms with Crippen molar-refractivity contribution in [1.82, 2.24) is 15.2 Å². The second-order valence-electron chi connectivity index (χ2n) is 3.76. The molecule has 16 heavy (non-hydrogen) atoms. The van der Waals surface area contributed by atoms with E-state index in [1.807, 2.05) is 14.1 Å². The van der Waals surface area contributed by atoms with E-state index >= 15 is 0 Å². The maximum Gasteiger partial charge on any atom is 0.267 e. The van der Waals surface area contributed by atoms with Crippen LogP contribution in [-0.4, -0.2) is 43.0 Å². The largest absolute Gasteiger partial charge is 0.351 e. The first-order chi connectivity index (χ1) is 7.50. The molecule has 4 nitrogen and oxygen atoms in total. The number of hydrogen-bond donors (Lipinski definition) is 2. The Kier molecular flexibility index (Phi) is 5.12. The number of H-pyrrole nitrogens is 1. The van der Waals surface area contributed by atoms with E-state index in [1.54, 1.807) is 0 Å². The van der Waals surface area contributed by atoms with Crippen molar-refractivity contribution < 1.29 is 4.79 Å². The SMILES string of the molecule is CN(C)CCCNC(=O)c1cc(Cl)c(Cl)[nH]1. The number of carbonyl (C=O) groups excluding carboxylic acids is 1. The van der Waals surface area contributed by atoms with Crippen molar-refractivity contribution in [2.24, 2.45) is 0 Å². The molecular formula is C10H15Cl2N3O. The van der Waals surface area contributed by atoms with Crippen LogP contribution in [0.15, 0.2) is 6.07 Å². The van der Waals surface area contributed by atoms with E-state index in [4.69, 9.17) is 23.2 Å². The van der Waals surface area contributed by atoms with E-state index in [2.05, 4.69) is 15.2 Å². The van der Waals surface area contributed by atoms with Crippen LogP contribution in [0.4, 0.5) is 0 Å². The molecule has 0 saturated heterocycles. The average molecular weight is 264 g/mol. The number of halogens is 2. The van der Waals surface area contributed by atoms with E-state index in [9.17, 15) is 4.79 Å². The molecule has 2 N–H and O–H groups in total. The zero-order valence-electron chi connectivity index (χ0n) is 9.31. The molecule has 1 aromatic rings. The molecule has 90 valence electrons. The van der Waals surface area contributed by atoms with Crippen LogP contribution in [-0.2, 0) is 0 Å². The van der Waals surface area contributed by atoms with Gasteiger partial charge in [0.2, 0.25) is 0 Å². The van der Waals surface area contributed by atoms with E-state index in [-0.39, 0.29) is 5.91 Å². The lowest BCUT2D eigenvalue weighted by atomic mass is 10.3. The molecule has 0 bridgehead atoms. The van der Waals surface area contributed by atoms with Crippen LogP contribution >= 0.6 is 23.2 Å². The van der Waals surface area contributed by atoms with Gasteiger partial charge in [0.1, 0.15) is 10.8 Å². The molecule has 1 heterocycles. The first-order valence-electron chi connectivity index (χ1n) is 4.97. The number of carbonyl (C=O) groups is 1. The van der Waals surface area contributed by atoms with Crippen LogP contribution in [0.3, 0.4) is 0 Å². The third kappa shape index (κ3) is 4.04. The highest BCUT2D eigenvalue weighted by molar-refractivity contribution is 6.41. The maximum atomic E-state index is 11.6. The van der Waals surface area contributed by atoms with Gasteiger partial charge in [0.25, 0.3) is 5.91 Å². The summed E-state index contributed by atoms with van der Waals surface area (Å²) in [6.07, 6.45) is 0.904. The highest BCUT2D eigenvalue weighted by Gasteiger charge is 2.10. The van der Waals surface area contributed by atoms with Crippen LogP contribution in [0.1, 0.15) is 16.9 Å². The molecule has 6 heteroatoms. The van der Waals surface area contributed by atoms with Crippen LogP contribution in [0.2, 0.25) is 10.2 Å². The minimum absolute atomic E-state index is 0.187. The molecule has 0 radical (unpaired) electrons. The third-order valence-corrected chi connectivity index (χ3v) is 2.73. The average Bonchev–Trinajstić information content (AvgIpc) is 2.54. The minimum atomic E-state index is -0.187. The van der Waals surface area contributed by atoms with Gasteiger partial charge in [-0.05, 0) is 33.1 Å². The number of aromatic nitrogens is 1. The highest BCUT2D eigenvalue weighted by atomic mass is 35.5. The zero-order valence-corrected chi connectivity index (χ0v) is 10.8. The first kappa shape index (κ1) is 13.4. The molecule has 0 saturated carbocycles. The Balaban J connectivity index is 2.35. The third-order valence-electron chi connectivity index (χ3n) is 2.04. The maximum absolute atomic E-state index is 11.6. The van der Waals surface area contributed by atoms with Crippen molar-refractivity contribution in [1.29, 1.82) is 0 Å². The number of aromatic amines is 1. The van der Waals surface area contributed by atoms with Gasteiger partial charge in [-0.25, -0.2) is 0 Å². The summed E-state index contributed by atoms with van der Waals surface area (Å²) in [4.78, 5) is 16.4. The number of rotatable bonds is 5. The second kappa shape index (κ2) is 6.13. The van der Waals surface area contributed by atoms with Crippen molar-refractivity contribution in [3.63, 3.8) is 0 Å². The molecule has 0 fully saturated rings. The predicted octanol–water partition coefficient (Wildman–Crippen LogP) is 2.00. The summed E-state index contributed by atoms with van der Waals surface area (Å²) in [6.45, 7) is 1.57. The molecule has 0 aromatic carbocycles. The van der Waals surface area contributed by atoms with Crippen LogP contribution in [0, 0.1) is 0 Å². The molecule has 0 spiro atoms. The quantitative estimate of drug-likeness (QED) is 0.799. The molecule has 1 amide bonds. The second-order valence-corrected chi connectivity index (χ2v) is 4.54. The summed E-state index contributed by atoms with van der Waals surface area (Å²) in [5.74, 6) is -0.187. The van der Waals surface area contributed by atoms with Gasteiger partial charge >= 0.3 is 0 Å². The lowest BCUT2D eigenvalue weighted by Crippen LogP contribution is -2.27. The zero-order chi connectivity index (χ0) is 12.1. The Morgan fingerprint density at radius 3 is 2.69 bits per heavy atom. The molecule has 1 aromatic heterocycles. The highest BCUT2D eigenvalue weighted by Crippen LogP contribution is 2.21. The number of nitrogens with zero attached hydrogens (tertiary/aromatic N) is 1. The minimum Gasteiger partial charge on any atom is -0.351 e. The lowest BCUT2D eigenvalue weighted by Gasteiger charge is -2.09. The molecule has 0 aliphatic rings. The summed E-state index contributed by atoms with van der Waals surface area (Å²) in [6, 6.07) is 1.52. The Morgan fingerprint density at radius 1 is 1.50 bits per heavy atom. The fourth-order valence-electron chi connectivity index (χ4n) is 1.22. The Morgan fingerprint density at radius 2 is 2.19 bits per heavy atom. The van der Waals surface area contributed by atoms with Crippen molar-refractivity contribution in [2.45, 2.75) is 6.42 Å².